The molecule has 6 heteroatoms. The van der Waals surface area contributed by atoms with E-state index >= 15 is 0 Å². The van der Waals surface area contributed by atoms with Crippen LogP contribution in [0.1, 0.15) is 47.0 Å². The highest BCUT2D eigenvalue weighted by molar-refractivity contribution is 5.49. The van der Waals surface area contributed by atoms with Crippen molar-refractivity contribution in [2.24, 2.45) is 0 Å². The van der Waals surface area contributed by atoms with Gasteiger partial charge in [-0.25, -0.2) is 4.98 Å². The predicted molar refractivity (Wildman–Crippen MR) is 98.9 cm³/mol. The third-order valence-electron chi connectivity index (χ3n) is 5.39. The lowest BCUT2D eigenvalue weighted by Crippen LogP contribution is -2.35. The second-order valence-electron chi connectivity index (χ2n) is 7.20. The standard InChI is InChI=1S/C20H25N3O3/c1-12-17(25-2)7-6-14(18(12)26-3)10-23-9-8-16-15(11-23)20(24)22-19(21-16)13-4-5-13/h6-7,13H,4-5,8-11H2,1-3H3,(H,21,22,24). The molecule has 26 heavy (non-hydrogen) atoms. The lowest BCUT2D eigenvalue weighted by Gasteiger charge is -2.28. The molecule has 4 rings (SSSR count). The van der Waals surface area contributed by atoms with Gasteiger partial charge in [0.2, 0.25) is 0 Å². The average molecular weight is 355 g/mol. The normalized spacial score (nSPS) is 17.0. The number of benzene rings is 1. The molecular weight excluding hydrogens is 330 g/mol. The number of hydrogen-bond donors (Lipinski definition) is 1. The maximum Gasteiger partial charge on any atom is 0.255 e. The van der Waals surface area contributed by atoms with Gasteiger partial charge in [-0.15, -0.1) is 0 Å². The fourth-order valence-corrected chi connectivity index (χ4v) is 3.79. The molecule has 2 aromatic rings. The molecule has 2 aliphatic rings. The van der Waals surface area contributed by atoms with E-state index in [4.69, 9.17) is 14.5 Å². The Morgan fingerprint density at radius 2 is 2.08 bits per heavy atom. The van der Waals surface area contributed by atoms with Crippen molar-refractivity contribution in [3.05, 3.63) is 50.7 Å². The molecule has 6 nitrogen and oxygen atoms in total. The summed E-state index contributed by atoms with van der Waals surface area (Å²) in [5.41, 5.74) is 3.92. The Kier molecular flexibility index (Phi) is 4.44. The minimum Gasteiger partial charge on any atom is -0.496 e. The Morgan fingerprint density at radius 3 is 2.77 bits per heavy atom. The summed E-state index contributed by atoms with van der Waals surface area (Å²) < 4.78 is 11.0. The summed E-state index contributed by atoms with van der Waals surface area (Å²) in [6.07, 6.45) is 3.10. The van der Waals surface area contributed by atoms with Gasteiger partial charge in [-0.3, -0.25) is 9.69 Å². The van der Waals surface area contributed by atoms with E-state index in [2.05, 4.69) is 9.88 Å². The lowest BCUT2D eigenvalue weighted by molar-refractivity contribution is 0.237. The first-order valence-electron chi connectivity index (χ1n) is 9.15. The predicted octanol–water partition coefficient (Wildman–Crippen LogP) is 2.53. The fourth-order valence-electron chi connectivity index (χ4n) is 3.79. The first-order chi connectivity index (χ1) is 12.6. The van der Waals surface area contributed by atoms with Gasteiger partial charge in [-0.05, 0) is 25.8 Å². The average Bonchev–Trinajstić information content (AvgIpc) is 3.48. The van der Waals surface area contributed by atoms with Crippen LogP contribution >= 0.6 is 0 Å². The monoisotopic (exact) mass is 355 g/mol. The molecule has 1 aromatic heterocycles. The van der Waals surface area contributed by atoms with Crippen molar-refractivity contribution < 1.29 is 9.47 Å². The number of H-pyrrole nitrogens is 1. The number of aromatic amines is 1. The van der Waals surface area contributed by atoms with E-state index in [0.29, 0.717) is 12.5 Å². The summed E-state index contributed by atoms with van der Waals surface area (Å²) >= 11 is 0. The third kappa shape index (κ3) is 3.09. The quantitative estimate of drug-likeness (QED) is 0.893. The van der Waals surface area contributed by atoms with Crippen molar-refractivity contribution in [1.29, 1.82) is 0 Å². The molecule has 0 unspecified atom stereocenters. The number of aromatic nitrogens is 2. The Balaban J connectivity index is 1.57. The van der Waals surface area contributed by atoms with E-state index in [-0.39, 0.29) is 5.56 Å². The first kappa shape index (κ1) is 17.1. The molecule has 0 radical (unpaired) electrons. The van der Waals surface area contributed by atoms with Gasteiger partial charge >= 0.3 is 0 Å². The third-order valence-corrected chi connectivity index (χ3v) is 5.39. The van der Waals surface area contributed by atoms with Gasteiger partial charge in [-0.2, -0.15) is 0 Å². The fraction of sp³-hybridized carbons (Fsp3) is 0.500. The van der Waals surface area contributed by atoms with Gasteiger partial charge in [0.05, 0.1) is 25.5 Å². The van der Waals surface area contributed by atoms with Crippen LogP contribution < -0.4 is 15.0 Å². The van der Waals surface area contributed by atoms with Gasteiger partial charge in [0.1, 0.15) is 17.3 Å². The van der Waals surface area contributed by atoms with Crippen molar-refractivity contribution in [3.63, 3.8) is 0 Å². The van der Waals surface area contributed by atoms with Crippen molar-refractivity contribution >= 4 is 0 Å². The zero-order chi connectivity index (χ0) is 18.3. The van der Waals surface area contributed by atoms with Gasteiger partial charge < -0.3 is 14.5 Å². The Bertz CT molecular complexity index is 887. The maximum atomic E-state index is 12.5. The van der Waals surface area contributed by atoms with Crippen LogP contribution in [0.4, 0.5) is 0 Å². The van der Waals surface area contributed by atoms with E-state index in [1.807, 2.05) is 19.1 Å². The molecule has 138 valence electrons. The van der Waals surface area contributed by atoms with Crippen LogP contribution in [0.2, 0.25) is 0 Å². The number of nitrogens with one attached hydrogen (secondary N) is 1. The van der Waals surface area contributed by atoms with Crippen LogP contribution in [0.5, 0.6) is 11.5 Å². The maximum absolute atomic E-state index is 12.5. The summed E-state index contributed by atoms with van der Waals surface area (Å²) in [7, 11) is 3.35. The van der Waals surface area contributed by atoms with Crippen molar-refractivity contribution in [3.8, 4) is 11.5 Å². The Labute approximate surface area is 153 Å². The van der Waals surface area contributed by atoms with Crippen LogP contribution in [0.3, 0.4) is 0 Å². The molecule has 1 N–H and O–H groups in total. The number of methoxy groups -OCH3 is 2. The summed E-state index contributed by atoms with van der Waals surface area (Å²) in [5, 5.41) is 0. The van der Waals surface area contributed by atoms with Gasteiger partial charge in [0.25, 0.3) is 5.56 Å². The van der Waals surface area contributed by atoms with Crippen LogP contribution in [0.15, 0.2) is 16.9 Å². The van der Waals surface area contributed by atoms with Crippen molar-refractivity contribution in [2.75, 3.05) is 20.8 Å². The smallest absolute Gasteiger partial charge is 0.255 e. The minimum atomic E-state index is 0.0273. The number of ether oxygens (including phenoxy) is 2. The van der Waals surface area contributed by atoms with Gasteiger partial charge in [0, 0.05) is 43.1 Å². The Hall–Kier alpha value is -2.34. The minimum absolute atomic E-state index is 0.0273. The van der Waals surface area contributed by atoms with Gasteiger partial charge in [0.15, 0.2) is 0 Å². The molecule has 1 saturated carbocycles. The van der Waals surface area contributed by atoms with Crippen LogP contribution in [-0.2, 0) is 19.5 Å². The molecular formula is C20H25N3O3. The molecule has 0 amide bonds. The number of rotatable bonds is 5. The molecule has 0 spiro atoms. The molecule has 1 aromatic carbocycles. The molecule has 2 heterocycles. The highest BCUT2D eigenvalue weighted by atomic mass is 16.5. The van der Waals surface area contributed by atoms with E-state index in [1.54, 1.807) is 14.2 Å². The van der Waals surface area contributed by atoms with Crippen molar-refractivity contribution in [2.45, 2.75) is 45.2 Å². The largest absolute Gasteiger partial charge is 0.496 e. The molecule has 1 aliphatic carbocycles. The zero-order valence-electron chi connectivity index (χ0n) is 15.6. The summed E-state index contributed by atoms with van der Waals surface area (Å²) in [4.78, 5) is 22.5. The number of fused-ring (bicyclic) bond motifs is 1. The van der Waals surface area contributed by atoms with E-state index < -0.39 is 0 Å². The summed E-state index contributed by atoms with van der Waals surface area (Å²) in [6.45, 7) is 4.25. The molecule has 0 saturated heterocycles. The van der Waals surface area contributed by atoms with Crippen LogP contribution in [-0.4, -0.2) is 35.6 Å². The second kappa shape index (κ2) is 6.76. The lowest BCUT2D eigenvalue weighted by atomic mass is 10.0. The van der Waals surface area contributed by atoms with Crippen LogP contribution in [0.25, 0.3) is 0 Å². The van der Waals surface area contributed by atoms with Crippen molar-refractivity contribution in [1.82, 2.24) is 14.9 Å². The second-order valence-corrected chi connectivity index (χ2v) is 7.20. The van der Waals surface area contributed by atoms with E-state index in [0.717, 1.165) is 72.1 Å². The summed E-state index contributed by atoms with van der Waals surface area (Å²) in [5.74, 6) is 3.03. The number of hydrogen-bond acceptors (Lipinski definition) is 5. The molecule has 1 fully saturated rings. The SMILES string of the molecule is COc1ccc(CN2CCc3nc(C4CC4)[nH]c(=O)c3C2)c(OC)c1C. The molecule has 0 bridgehead atoms. The number of nitrogens with zero attached hydrogens (tertiary/aromatic N) is 2. The van der Waals surface area contributed by atoms with E-state index in [9.17, 15) is 4.79 Å². The first-order valence-corrected chi connectivity index (χ1v) is 9.15. The topological polar surface area (TPSA) is 67.5 Å². The van der Waals surface area contributed by atoms with Crippen LogP contribution in [0, 0.1) is 6.92 Å². The molecule has 1 aliphatic heterocycles. The summed E-state index contributed by atoms with van der Waals surface area (Å²) in [6, 6.07) is 4.01. The highest BCUT2D eigenvalue weighted by Gasteiger charge is 2.29. The highest BCUT2D eigenvalue weighted by Crippen LogP contribution is 2.38. The van der Waals surface area contributed by atoms with Gasteiger partial charge in [-0.1, -0.05) is 6.07 Å². The van der Waals surface area contributed by atoms with E-state index in [1.165, 1.54) is 0 Å². The Morgan fingerprint density at radius 1 is 1.27 bits per heavy atom. The molecule has 0 atom stereocenters. The zero-order valence-corrected chi connectivity index (χ0v) is 15.6.